The number of amides is 3. The van der Waals surface area contributed by atoms with Crippen LogP contribution in [0.1, 0.15) is 19.4 Å². The van der Waals surface area contributed by atoms with Crippen molar-refractivity contribution >= 4 is 11.9 Å². The molecule has 1 aromatic rings. The van der Waals surface area contributed by atoms with E-state index >= 15 is 0 Å². The van der Waals surface area contributed by atoms with Crippen LogP contribution in [0.2, 0.25) is 0 Å². The standard InChI is InChI=1S/C18H22N2O6/c1-17(2)25-13-12(9-23-8-11-6-4-3-5-7-11)24-18(14(13)26-17)10-19-16(22)20-15(18)21/h3-7,12-14H,8-10H2,1-2H3,(H2,19,20,21,22)/t12-,13-,14-,18+/m1/s1. The molecule has 3 amide bonds. The number of imide groups is 1. The Balaban J connectivity index is 1.49. The fourth-order valence-corrected chi connectivity index (χ4v) is 3.69. The van der Waals surface area contributed by atoms with E-state index < -0.39 is 41.6 Å². The lowest BCUT2D eigenvalue weighted by atomic mass is 9.92. The summed E-state index contributed by atoms with van der Waals surface area (Å²) < 4.78 is 23.8. The lowest BCUT2D eigenvalue weighted by Gasteiger charge is -2.36. The van der Waals surface area contributed by atoms with Crippen LogP contribution in [-0.2, 0) is 30.3 Å². The second-order valence-corrected chi connectivity index (χ2v) is 7.20. The summed E-state index contributed by atoms with van der Waals surface area (Å²) in [6.45, 7) is 4.30. The van der Waals surface area contributed by atoms with Crippen molar-refractivity contribution in [1.82, 2.24) is 10.6 Å². The van der Waals surface area contributed by atoms with Crippen molar-refractivity contribution in [1.29, 1.82) is 0 Å². The fourth-order valence-electron chi connectivity index (χ4n) is 3.69. The first kappa shape index (κ1) is 17.4. The van der Waals surface area contributed by atoms with Gasteiger partial charge < -0.3 is 24.3 Å². The van der Waals surface area contributed by atoms with Crippen molar-refractivity contribution in [3.63, 3.8) is 0 Å². The summed E-state index contributed by atoms with van der Waals surface area (Å²) in [4.78, 5) is 24.0. The molecule has 3 saturated heterocycles. The predicted octanol–water partition coefficient (Wildman–Crippen LogP) is 0.700. The molecule has 3 aliphatic heterocycles. The predicted molar refractivity (Wildman–Crippen MR) is 89.1 cm³/mol. The van der Waals surface area contributed by atoms with E-state index in [4.69, 9.17) is 18.9 Å². The third-order valence-electron chi connectivity index (χ3n) is 4.83. The summed E-state index contributed by atoms with van der Waals surface area (Å²) in [5, 5.41) is 4.88. The summed E-state index contributed by atoms with van der Waals surface area (Å²) in [5.41, 5.74) is -0.268. The fraction of sp³-hybridized carbons (Fsp3) is 0.556. The highest BCUT2D eigenvalue weighted by molar-refractivity contribution is 6.02. The van der Waals surface area contributed by atoms with Crippen LogP contribution in [0.15, 0.2) is 30.3 Å². The van der Waals surface area contributed by atoms with Gasteiger partial charge in [-0.05, 0) is 19.4 Å². The van der Waals surface area contributed by atoms with E-state index in [1.165, 1.54) is 0 Å². The van der Waals surface area contributed by atoms with Crippen LogP contribution in [0, 0.1) is 0 Å². The van der Waals surface area contributed by atoms with Crippen molar-refractivity contribution in [2.45, 2.75) is 50.2 Å². The van der Waals surface area contributed by atoms with Gasteiger partial charge in [-0.15, -0.1) is 0 Å². The van der Waals surface area contributed by atoms with E-state index in [1.807, 2.05) is 30.3 Å². The van der Waals surface area contributed by atoms with E-state index in [2.05, 4.69) is 10.6 Å². The minimum absolute atomic E-state index is 0.0352. The number of ether oxygens (including phenoxy) is 4. The van der Waals surface area contributed by atoms with Crippen LogP contribution in [0.4, 0.5) is 4.79 Å². The van der Waals surface area contributed by atoms with Gasteiger partial charge in [0.25, 0.3) is 5.91 Å². The summed E-state index contributed by atoms with van der Waals surface area (Å²) in [7, 11) is 0. The molecule has 4 rings (SSSR count). The average Bonchev–Trinajstić information content (AvgIpc) is 3.06. The molecule has 0 bridgehead atoms. The van der Waals surface area contributed by atoms with Crippen molar-refractivity contribution in [3.8, 4) is 0 Å². The third-order valence-corrected chi connectivity index (χ3v) is 4.83. The van der Waals surface area contributed by atoms with Crippen LogP contribution in [0.25, 0.3) is 0 Å². The van der Waals surface area contributed by atoms with E-state index in [9.17, 15) is 9.59 Å². The Morgan fingerprint density at radius 2 is 1.92 bits per heavy atom. The molecule has 140 valence electrons. The first-order valence-electron chi connectivity index (χ1n) is 8.64. The van der Waals surface area contributed by atoms with E-state index in [-0.39, 0.29) is 13.2 Å². The number of urea groups is 1. The lowest BCUT2D eigenvalue weighted by molar-refractivity contribution is -0.214. The van der Waals surface area contributed by atoms with E-state index in [0.29, 0.717) is 6.61 Å². The minimum Gasteiger partial charge on any atom is -0.374 e. The molecule has 0 aromatic heterocycles. The molecular weight excluding hydrogens is 340 g/mol. The zero-order valence-electron chi connectivity index (χ0n) is 14.7. The van der Waals surface area contributed by atoms with E-state index in [0.717, 1.165) is 5.56 Å². The third kappa shape index (κ3) is 2.99. The molecule has 3 fully saturated rings. The second-order valence-electron chi connectivity index (χ2n) is 7.20. The van der Waals surface area contributed by atoms with Gasteiger partial charge in [0.1, 0.15) is 18.3 Å². The van der Waals surface area contributed by atoms with Crippen LogP contribution >= 0.6 is 0 Å². The molecule has 1 spiro atoms. The number of fused-ring (bicyclic) bond motifs is 2. The minimum atomic E-state index is -1.31. The zero-order chi connectivity index (χ0) is 18.4. The summed E-state index contributed by atoms with van der Waals surface area (Å²) in [6.07, 6.45) is -1.56. The highest BCUT2D eigenvalue weighted by Gasteiger charge is 2.67. The van der Waals surface area contributed by atoms with Gasteiger partial charge >= 0.3 is 6.03 Å². The topological polar surface area (TPSA) is 95.1 Å². The Morgan fingerprint density at radius 3 is 2.65 bits per heavy atom. The zero-order valence-corrected chi connectivity index (χ0v) is 14.7. The number of hydrogen-bond acceptors (Lipinski definition) is 6. The monoisotopic (exact) mass is 362 g/mol. The number of benzene rings is 1. The van der Waals surface area contributed by atoms with Crippen molar-refractivity contribution < 1.29 is 28.5 Å². The molecule has 0 saturated carbocycles. The molecular formula is C18H22N2O6. The maximum atomic E-state index is 12.5. The van der Waals surface area contributed by atoms with Crippen molar-refractivity contribution in [2.24, 2.45) is 0 Å². The largest absolute Gasteiger partial charge is 0.374 e. The number of carbonyl (C=O) groups is 2. The van der Waals surface area contributed by atoms with Gasteiger partial charge in [0.2, 0.25) is 0 Å². The Morgan fingerprint density at radius 1 is 1.15 bits per heavy atom. The summed E-state index contributed by atoms with van der Waals surface area (Å²) in [5.74, 6) is -1.35. The van der Waals surface area contributed by atoms with Gasteiger partial charge in [-0.2, -0.15) is 0 Å². The van der Waals surface area contributed by atoms with Gasteiger partial charge in [0.15, 0.2) is 11.4 Å². The molecule has 8 heteroatoms. The summed E-state index contributed by atoms with van der Waals surface area (Å²) >= 11 is 0. The molecule has 0 aliphatic carbocycles. The summed E-state index contributed by atoms with van der Waals surface area (Å²) in [6, 6.07) is 9.25. The van der Waals surface area contributed by atoms with Crippen molar-refractivity contribution in [3.05, 3.63) is 35.9 Å². The molecule has 8 nitrogen and oxygen atoms in total. The molecule has 26 heavy (non-hydrogen) atoms. The Kier molecular flexibility index (Phi) is 4.23. The molecule has 2 N–H and O–H groups in total. The van der Waals surface area contributed by atoms with Gasteiger partial charge in [0.05, 0.1) is 19.8 Å². The second kappa shape index (κ2) is 6.31. The number of rotatable bonds is 4. The lowest BCUT2D eigenvalue weighted by Crippen LogP contribution is -2.67. The number of carbonyl (C=O) groups excluding carboxylic acids is 2. The number of nitrogens with one attached hydrogen (secondary N) is 2. The molecule has 3 aliphatic rings. The van der Waals surface area contributed by atoms with Gasteiger partial charge in [0, 0.05) is 0 Å². The SMILES string of the molecule is CC1(C)O[C@H]2[C@@H](O1)[C@]1(CNC(=O)NC1=O)O[C@@H]2COCc1ccccc1. The first-order valence-corrected chi connectivity index (χ1v) is 8.64. The molecule has 4 atom stereocenters. The first-order chi connectivity index (χ1) is 12.4. The highest BCUT2D eigenvalue weighted by atomic mass is 16.8. The van der Waals surface area contributed by atoms with Crippen LogP contribution in [0.3, 0.4) is 0 Å². The highest BCUT2D eigenvalue weighted by Crippen LogP contribution is 2.44. The van der Waals surface area contributed by atoms with E-state index in [1.54, 1.807) is 13.8 Å². The quantitative estimate of drug-likeness (QED) is 0.819. The van der Waals surface area contributed by atoms with Gasteiger partial charge in [-0.1, -0.05) is 30.3 Å². The van der Waals surface area contributed by atoms with Crippen molar-refractivity contribution in [2.75, 3.05) is 13.2 Å². The normalized spacial score (nSPS) is 35.2. The molecule has 0 radical (unpaired) electrons. The molecule has 1 aromatic carbocycles. The Bertz CT molecular complexity index is 709. The smallest absolute Gasteiger partial charge is 0.321 e. The van der Waals surface area contributed by atoms with Gasteiger partial charge in [-0.25, -0.2) is 4.79 Å². The van der Waals surface area contributed by atoms with Crippen LogP contribution in [-0.4, -0.2) is 54.8 Å². The molecule has 0 unspecified atom stereocenters. The maximum absolute atomic E-state index is 12.5. The van der Waals surface area contributed by atoms with Crippen LogP contribution < -0.4 is 10.6 Å². The Hall–Kier alpha value is -2.00. The molecule has 3 heterocycles. The average molecular weight is 362 g/mol. The maximum Gasteiger partial charge on any atom is 0.321 e. The number of hydrogen-bond donors (Lipinski definition) is 2. The van der Waals surface area contributed by atoms with Gasteiger partial charge in [-0.3, -0.25) is 10.1 Å². The van der Waals surface area contributed by atoms with Crippen LogP contribution in [0.5, 0.6) is 0 Å². The Labute approximate surface area is 151 Å².